The van der Waals surface area contributed by atoms with Crippen LogP contribution in [0.4, 0.5) is 5.69 Å². The number of guanidine groups is 1. The lowest BCUT2D eigenvalue weighted by Crippen LogP contribution is -2.30. The Hall–Kier alpha value is -2.76. The van der Waals surface area contributed by atoms with Gasteiger partial charge in [-0.05, 0) is 45.0 Å². The molecule has 1 aromatic carbocycles. The Morgan fingerprint density at radius 1 is 1.16 bits per heavy atom. The minimum absolute atomic E-state index is 0.505. The van der Waals surface area contributed by atoms with Crippen LogP contribution in [0.15, 0.2) is 41.4 Å². The smallest absolute Gasteiger partial charge is 0.196 e. The van der Waals surface area contributed by atoms with E-state index < -0.39 is 0 Å². The first-order valence-electron chi connectivity index (χ1n) is 8.45. The maximum absolute atomic E-state index is 5.62. The summed E-state index contributed by atoms with van der Waals surface area (Å²) in [5.74, 6) is 2.10. The van der Waals surface area contributed by atoms with Crippen LogP contribution in [0, 0.1) is 6.92 Å². The Kier molecular flexibility index (Phi) is 7.07. The first kappa shape index (κ1) is 18.6. The maximum atomic E-state index is 5.62. The molecule has 0 saturated carbocycles. The zero-order chi connectivity index (χ0) is 18.1. The summed E-state index contributed by atoms with van der Waals surface area (Å²) in [5.41, 5.74) is 2.80. The highest BCUT2D eigenvalue weighted by Crippen LogP contribution is 2.30. The number of rotatable bonds is 7. The van der Waals surface area contributed by atoms with Crippen molar-refractivity contribution in [3.63, 3.8) is 0 Å². The molecule has 0 radical (unpaired) electrons. The van der Waals surface area contributed by atoms with E-state index in [1.807, 2.05) is 57.2 Å². The molecular formula is C19H26N4O2. The Morgan fingerprint density at radius 2 is 2.00 bits per heavy atom. The summed E-state index contributed by atoms with van der Waals surface area (Å²) in [6, 6.07) is 11.6. The highest BCUT2D eigenvalue weighted by Gasteiger charge is 2.07. The highest BCUT2D eigenvalue weighted by atomic mass is 16.5. The predicted octanol–water partition coefficient (Wildman–Crippen LogP) is 3.37. The summed E-state index contributed by atoms with van der Waals surface area (Å²) in [7, 11) is 1.63. The number of nitrogens with zero attached hydrogens (tertiary/aromatic N) is 2. The van der Waals surface area contributed by atoms with Gasteiger partial charge in [0.15, 0.2) is 17.5 Å². The normalized spacial score (nSPS) is 11.1. The van der Waals surface area contributed by atoms with Crippen molar-refractivity contribution >= 4 is 11.6 Å². The number of methoxy groups -OCH3 is 1. The fourth-order valence-electron chi connectivity index (χ4n) is 2.31. The second kappa shape index (κ2) is 9.52. The molecule has 134 valence electrons. The van der Waals surface area contributed by atoms with Crippen LogP contribution in [-0.4, -0.2) is 31.2 Å². The number of benzene rings is 1. The maximum Gasteiger partial charge on any atom is 0.196 e. The van der Waals surface area contributed by atoms with Crippen molar-refractivity contribution in [2.45, 2.75) is 27.3 Å². The first-order chi connectivity index (χ1) is 12.2. The van der Waals surface area contributed by atoms with Gasteiger partial charge < -0.3 is 20.1 Å². The van der Waals surface area contributed by atoms with E-state index in [9.17, 15) is 0 Å². The van der Waals surface area contributed by atoms with E-state index >= 15 is 0 Å². The van der Waals surface area contributed by atoms with Gasteiger partial charge in [0, 0.05) is 24.0 Å². The van der Waals surface area contributed by atoms with Gasteiger partial charge in [0.05, 0.1) is 26.0 Å². The third-order valence-electron chi connectivity index (χ3n) is 3.42. The van der Waals surface area contributed by atoms with Gasteiger partial charge in [-0.15, -0.1) is 0 Å². The number of anilines is 1. The van der Waals surface area contributed by atoms with Crippen LogP contribution in [-0.2, 0) is 6.54 Å². The molecule has 0 atom stereocenters. The Balaban J connectivity index is 2.15. The summed E-state index contributed by atoms with van der Waals surface area (Å²) >= 11 is 0. The quantitative estimate of drug-likeness (QED) is 0.596. The fourth-order valence-corrected chi connectivity index (χ4v) is 2.31. The number of nitrogens with one attached hydrogen (secondary N) is 2. The van der Waals surface area contributed by atoms with Gasteiger partial charge in [-0.2, -0.15) is 0 Å². The summed E-state index contributed by atoms with van der Waals surface area (Å²) in [6.07, 6.45) is 0. The average molecular weight is 342 g/mol. The molecule has 0 saturated heterocycles. The lowest BCUT2D eigenvalue weighted by atomic mass is 10.2. The molecule has 1 heterocycles. The van der Waals surface area contributed by atoms with Crippen molar-refractivity contribution in [2.75, 3.05) is 25.6 Å². The standard InChI is InChI=1S/C19H26N4O2/c1-5-20-19(21-13-16-9-7-8-14(3)22-16)23-15-10-11-17(24-4)18(12-15)25-6-2/h7-12H,5-6,13H2,1-4H3,(H2,20,21,23). The number of hydrogen-bond acceptors (Lipinski definition) is 4. The van der Waals surface area contributed by atoms with Gasteiger partial charge in [-0.3, -0.25) is 4.98 Å². The van der Waals surface area contributed by atoms with Crippen LogP contribution in [0.25, 0.3) is 0 Å². The molecule has 2 aromatic rings. The van der Waals surface area contributed by atoms with Crippen LogP contribution in [0.5, 0.6) is 11.5 Å². The van der Waals surface area contributed by atoms with Crippen molar-refractivity contribution in [3.8, 4) is 11.5 Å². The second-order valence-electron chi connectivity index (χ2n) is 5.39. The molecule has 2 N–H and O–H groups in total. The molecule has 6 heteroatoms. The number of pyridine rings is 1. The Bertz CT molecular complexity index is 716. The zero-order valence-corrected chi connectivity index (χ0v) is 15.3. The van der Waals surface area contributed by atoms with Crippen LogP contribution in [0.3, 0.4) is 0 Å². The van der Waals surface area contributed by atoms with Gasteiger partial charge in [-0.25, -0.2) is 4.99 Å². The molecule has 6 nitrogen and oxygen atoms in total. The number of aliphatic imine (C=N–C) groups is 1. The lowest BCUT2D eigenvalue weighted by molar-refractivity contribution is 0.311. The van der Waals surface area contributed by atoms with Crippen molar-refractivity contribution in [3.05, 3.63) is 47.8 Å². The molecule has 0 unspecified atom stereocenters. The van der Waals surface area contributed by atoms with Gasteiger partial charge in [0.25, 0.3) is 0 Å². The molecule has 0 amide bonds. The molecule has 0 fully saturated rings. The van der Waals surface area contributed by atoms with Gasteiger partial charge in [-0.1, -0.05) is 6.07 Å². The SMILES string of the molecule is CCNC(=NCc1cccc(C)n1)Nc1ccc(OC)c(OCC)c1. The van der Waals surface area contributed by atoms with Crippen molar-refractivity contribution in [2.24, 2.45) is 4.99 Å². The van der Waals surface area contributed by atoms with Crippen molar-refractivity contribution in [1.82, 2.24) is 10.3 Å². The number of ether oxygens (including phenoxy) is 2. The topological polar surface area (TPSA) is 67.8 Å². The summed E-state index contributed by atoms with van der Waals surface area (Å²) < 4.78 is 10.9. The first-order valence-corrected chi connectivity index (χ1v) is 8.45. The molecular weight excluding hydrogens is 316 g/mol. The molecule has 0 bridgehead atoms. The molecule has 25 heavy (non-hydrogen) atoms. The zero-order valence-electron chi connectivity index (χ0n) is 15.3. The average Bonchev–Trinajstić information content (AvgIpc) is 2.60. The van der Waals surface area contributed by atoms with Gasteiger partial charge >= 0.3 is 0 Å². The van der Waals surface area contributed by atoms with E-state index in [0.29, 0.717) is 30.6 Å². The minimum atomic E-state index is 0.505. The molecule has 0 spiro atoms. The molecule has 0 aliphatic carbocycles. The summed E-state index contributed by atoms with van der Waals surface area (Å²) in [6.45, 7) is 7.80. The summed E-state index contributed by atoms with van der Waals surface area (Å²) in [4.78, 5) is 9.07. The molecule has 0 aliphatic heterocycles. The second-order valence-corrected chi connectivity index (χ2v) is 5.39. The number of aryl methyl sites for hydroxylation is 1. The third-order valence-corrected chi connectivity index (χ3v) is 3.42. The van der Waals surface area contributed by atoms with E-state index in [4.69, 9.17) is 9.47 Å². The van der Waals surface area contributed by atoms with Gasteiger partial charge in [0.2, 0.25) is 0 Å². The van der Waals surface area contributed by atoms with E-state index in [1.54, 1.807) is 7.11 Å². The van der Waals surface area contributed by atoms with E-state index in [-0.39, 0.29) is 0 Å². The fraction of sp³-hybridized carbons (Fsp3) is 0.368. The minimum Gasteiger partial charge on any atom is -0.493 e. The largest absolute Gasteiger partial charge is 0.493 e. The van der Waals surface area contributed by atoms with Gasteiger partial charge in [0.1, 0.15) is 0 Å². The third kappa shape index (κ3) is 5.67. The molecule has 1 aromatic heterocycles. The van der Waals surface area contributed by atoms with E-state index in [1.165, 1.54) is 0 Å². The van der Waals surface area contributed by atoms with Crippen LogP contribution in [0.2, 0.25) is 0 Å². The van der Waals surface area contributed by atoms with Crippen molar-refractivity contribution in [1.29, 1.82) is 0 Å². The monoisotopic (exact) mass is 342 g/mol. The summed E-state index contributed by atoms with van der Waals surface area (Å²) in [5, 5.41) is 6.53. The van der Waals surface area contributed by atoms with Crippen LogP contribution >= 0.6 is 0 Å². The molecule has 2 rings (SSSR count). The Labute approximate surface area is 149 Å². The lowest BCUT2D eigenvalue weighted by Gasteiger charge is -2.14. The number of hydrogen-bond donors (Lipinski definition) is 2. The highest BCUT2D eigenvalue weighted by molar-refractivity contribution is 5.93. The van der Waals surface area contributed by atoms with Crippen LogP contribution in [0.1, 0.15) is 25.2 Å². The van der Waals surface area contributed by atoms with Crippen LogP contribution < -0.4 is 20.1 Å². The Morgan fingerprint density at radius 3 is 2.68 bits per heavy atom. The van der Waals surface area contributed by atoms with Crippen molar-refractivity contribution < 1.29 is 9.47 Å². The van der Waals surface area contributed by atoms with E-state index in [2.05, 4.69) is 20.6 Å². The van der Waals surface area contributed by atoms with E-state index in [0.717, 1.165) is 23.6 Å². The predicted molar refractivity (Wildman–Crippen MR) is 102 cm³/mol. The number of aromatic nitrogens is 1. The molecule has 0 aliphatic rings.